The topological polar surface area (TPSA) is 90.7 Å². The van der Waals surface area contributed by atoms with Gasteiger partial charge in [0.05, 0.1) is 19.8 Å². The van der Waals surface area contributed by atoms with E-state index < -0.39 is 11.8 Å². The van der Waals surface area contributed by atoms with Crippen molar-refractivity contribution in [2.45, 2.75) is 13.3 Å². The summed E-state index contributed by atoms with van der Waals surface area (Å²) >= 11 is 0. The van der Waals surface area contributed by atoms with Gasteiger partial charge in [0, 0.05) is 11.6 Å². The highest BCUT2D eigenvalue weighted by Crippen LogP contribution is 2.28. The minimum Gasteiger partial charge on any atom is -0.493 e. The molecule has 2 aromatic carbocycles. The Balaban J connectivity index is 2.03. The Hall–Kier alpha value is -3.02. The molecule has 2 aromatic rings. The molecule has 0 bridgehead atoms. The monoisotopic (exact) mass is 342 g/mol. The quantitative estimate of drug-likeness (QED) is 0.787. The van der Waals surface area contributed by atoms with Gasteiger partial charge < -0.3 is 15.2 Å². The highest BCUT2D eigenvalue weighted by molar-refractivity contribution is 6.07. The Bertz CT molecular complexity index is 774. The molecule has 0 aromatic heterocycles. The van der Waals surface area contributed by atoms with Gasteiger partial charge in [0.2, 0.25) is 5.91 Å². The number of methoxy groups -OCH3 is 2. The van der Waals surface area contributed by atoms with Crippen molar-refractivity contribution >= 4 is 17.5 Å². The molecule has 2 amide bonds. The first-order valence-corrected chi connectivity index (χ1v) is 7.86. The van der Waals surface area contributed by atoms with Crippen molar-refractivity contribution in [1.29, 1.82) is 0 Å². The molecule has 3 N–H and O–H groups in total. The molecule has 0 spiro atoms. The number of ether oxygens (including phenoxy) is 2. The van der Waals surface area contributed by atoms with Crippen molar-refractivity contribution in [1.82, 2.24) is 5.32 Å². The molecule has 0 fully saturated rings. The Morgan fingerprint density at radius 3 is 2.40 bits per heavy atom. The second kappa shape index (κ2) is 8.19. The normalized spacial score (nSPS) is 11.5. The molecule has 1 atom stereocenters. The highest BCUT2D eigenvalue weighted by atomic mass is 16.5. The van der Waals surface area contributed by atoms with Crippen LogP contribution in [0.1, 0.15) is 22.8 Å². The lowest BCUT2D eigenvalue weighted by Gasteiger charge is -2.14. The molecular weight excluding hydrogens is 320 g/mol. The van der Waals surface area contributed by atoms with Gasteiger partial charge in [-0.15, -0.1) is 0 Å². The Morgan fingerprint density at radius 1 is 1.08 bits per heavy atom. The van der Waals surface area contributed by atoms with Crippen LogP contribution in [0.2, 0.25) is 0 Å². The first kappa shape index (κ1) is 18.3. The van der Waals surface area contributed by atoms with Crippen LogP contribution in [0.3, 0.4) is 0 Å². The molecule has 0 aliphatic heterocycles. The first-order chi connectivity index (χ1) is 12.0. The molecular formula is C19H22N2O4. The van der Waals surface area contributed by atoms with Crippen molar-refractivity contribution < 1.29 is 19.1 Å². The second-order valence-electron chi connectivity index (χ2n) is 5.70. The maximum absolute atomic E-state index is 12.3. The van der Waals surface area contributed by atoms with Gasteiger partial charge in [0.25, 0.3) is 5.91 Å². The molecule has 0 heterocycles. The summed E-state index contributed by atoms with van der Waals surface area (Å²) in [4.78, 5) is 24.5. The lowest BCUT2D eigenvalue weighted by molar-refractivity contribution is -0.123. The molecule has 132 valence electrons. The number of imide groups is 1. The minimum absolute atomic E-state index is 0.286. The van der Waals surface area contributed by atoms with E-state index in [2.05, 4.69) is 5.32 Å². The van der Waals surface area contributed by atoms with Gasteiger partial charge in [-0.05, 0) is 36.2 Å². The van der Waals surface area contributed by atoms with Gasteiger partial charge in [0.15, 0.2) is 11.5 Å². The zero-order chi connectivity index (χ0) is 18.4. The maximum atomic E-state index is 12.3. The fourth-order valence-electron chi connectivity index (χ4n) is 2.46. The number of nitrogen functional groups attached to an aromatic ring is 1. The molecule has 25 heavy (non-hydrogen) atoms. The summed E-state index contributed by atoms with van der Waals surface area (Å²) in [6.45, 7) is 1.76. The number of nitrogens with two attached hydrogens (primary N) is 1. The van der Waals surface area contributed by atoms with Crippen LogP contribution in [0.4, 0.5) is 5.69 Å². The smallest absolute Gasteiger partial charge is 0.259 e. The van der Waals surface area contributed by atoms with E-state index in [1.54, 1.807) is 51.5 Å². The summed E-state index contributed by atoms with van der Waals surface area (Å²) in [5.41, 5.74) is 7.29. The largest absolute Gasteiger partial charge is 0.493 e. The predicted octanol–water partition coefficient (Wildman–Crippen LogP) is 2.42. The number of rotatable bonds is 6. The molecule has 2 rings (SSSR count). The molecule has 1 unspecified atom stereocenters. The summed E-state index contributed by atoms with van der Waals surface area (Å²) in [6.07, 6.45) is 0.462. The standard InChI is InChI=1S/C19H22N2O4/c1-12(10-13-8-9-16(24-2)17(11-13)25-3)18(22)21-19(23)14-6-4-5-7-15(14)20/h4-9,11-12H,10,20H2,1-3H3,(H,21,22,23). The maximum Gasteiger partial charge on any atom is 0.259 e. The summed E-state index contributed by atoms with van der Waals surface area (Å²) in [6, 6.07) is 12.1. The zero-order valence-corrected chi connectivity index (χ0v) is 14.5. The van der Waals surface area contributed by atoms with Crippen LogP contribution in [-0.2, 0) is 11.2 Å². The van der Waals surface area contributed by atoms with Crippen molar-refractivity contribution in [2.75, 3.05) is 20.0 Å². The number of amides is 2. The van der Waals surface area contributed by atoms with Crippen LogP contribution in [0.25, 0.3) is 0 Å². The van der Waals surface area contributed by atoms with Crippen LogP contribution in [0.5, 0.6) is 11.5 Å². The number of anilines is 1. The fourth-order valence-corrected chi connectivity index (χ4v) is 2.46. The molecule has 0 saturated heterocycles. The van der Waals surface area contributed by atoms with E-state index in [1.165, 1.54) is 0 Å². The van der Waals surface area contributed by atoms with E-state index >= 15 is 0 Å². The van der Waals surface area contributed by atoms with E-state index in [0.717, 1.165) is 5.56 Å². The van der Waals surface area contributed by atoms with Gasteiger partial charge in [-0.3, -0.25) is 14.9 Å². The predicted molar refractivity (Wildman–Crippen MR) is 95.7 cm³/mol. The zero-order valence-electron chi connectivity index (χ0n) is 14.5. The molecule has 0 saturated carbocycles. The van der Waals surface area contributed by atoms with Crippen LogP contribution >= 0.6 is 0 Å². The van der Waals surface area contributed by atoms with Gasteiger partial charge in [-0.1, -0.05) is 25.1 Å². The average molecular weight is 342 g/mol. The molecule has 6 heteroatoms. The Morgan fingerprint density at radius 2 is 1.76 bits per heavy atom. The number of nitrogens with one attached hydrogen (secondary N) is 1. The van der Waals surface area contributed by atoms with E-state index in [4.69, 9.17) is 15.2 Å². The van der Waals surface area contributed by atoms with E-state index in [9.17, 15) is 9.59 Å². The lowest BCUT2D eigenvalue weighted by Crippen LogP contribution is -2.35. The SMILES string of the molecule is COc1ccc(CC(C)C(=O)NC(=O)c2ccccc2N)cc1OC. The number of para-hydroxylation sites is 1. The third-order valence-electron chi connectivity index (χ3n) is 3.88. The summed E-state index contributed by atoms with van der Waals surface area (Å²) < 4.78 is 10.5. The van der Waals surface area contributed by atoms with Crippen LogP contribution in [-0.4, -0.2) is 26.0 Å². The Kier molecular flexibility index (Phi) is 6.00. The number of benzene rings is 2. The fraction of sp³-hybridized carbons (Fsp3) is 0.263. The van der Waals surface area contributed by atoms with E-state index in [0.29, 0.717) is 23.6 Å². The molecule has 0 radical (unpaired) electrons. The third-order valence-corrected chi connectivity index (χ3v) is 3.88. The van der Waals surface area contributed by atoms with Gasteiger partial charge in [0.1, 0.15) is 0 Å². The molecule has 0 aliphatic carbocycles. The summed E-state index contributed by atoms with van der Waals surface area (Å²) in [5, 5.41) is 2.39. The number of carbonyl (C=O) groups is 2. The molecule has 6 nitrogen and oxygen atoms in total. The van der Waals surface area contributed by atoms with Gasteiger partial charge in [-0.2, -0.15) is 0 Å². The highest BCUT2D eigenvalue weighted by Gasteiger charge is 2.19. The van der Waals surface area contributed by atoms with E-state index in [1.807, 2.05) is 12.1 Å². The Labute approximate surface area is 146 Å². The van der Waals surface area contributed by atoms with Crippen molar-refractivity contribution in [3.63, 3.8) is 0 Å². The van der Waals surface area contributed by atoms with Crippen molar-refractivity contribution in [3.8, 4) is 11.5 Å². The van der Waals surface area contributed by atoms with Crippen LogP contribution in [0.15, 0.2) is 42.5 Å². The van der Waals surface area contributed by atoms with Gasteiger partial charge >= 0.3 is 0 Å². The second-order valence-corrected chi connectivity index (χ2v) is 5.70. The number of hydrogen-bond donors (Lipinski definition) is 2. The van der Waals surface area contributed by atoms with Gasteiger partial charge in [-0.25, -0.2) is 0 Å². The summed E-state index contributed by atoms with van der Waals surface area (Å²) in [5.74, 6) is -0.0314. The number of hydrogen-bond acceptors (Lipinski definition) is 5. The van der Waals surface area contributed by atoms with Crippen molar-refractivity contribution in [2.24, 2.45) is 5.92 Å². The van der Waals surface area contributed by atoms with E-state index in [-0.39, 0.29) is 11.5 Å². The first-order valence-electron chi connectivity index (χ1n) is 7.86. The minimum atomic E-state index is -0.498. The summed E-state index contributed by atoms with van der Waals surface area (Å²) in [7, 11) is 3.12. The van der Waals surface area contributed by atoms with Crippen molar-refractivity contribution in [3.05, 3.63) is 53.6 Å². The van der Waals surface area contributed by atoms with Crippen LogP contribution in [0, 0.1) is 5.92 Å². The number of carbonyl (C=O) groups excluding carboxylic acids is 2. The third kappa shape index (κ3) is 4.50. The average Bonchev–Trinajstić information content (AvgIpc) is 2.61. The molecule has 0 aliphatic rings. The lowest BCUT2D eigenvalue weighted by atomic mass is 9.99. The van der Waals surface area contributed by atoms with Crippen LogP contribution < -0.4 is 20.5 Å².